The van der Waals surface area contributed by atoms with Crippen LogP contribution in [0.25, 0.3) is 0 Å². The number of ether oxygens (including phenoxy) is 2. The second kappa shape index (κ2) is 6.63. The topological polar surface area (TPSA) is 42.2 Å². The fourth-order valence-corrected chi connectivity index (χ4v) is 2.01. The normalized spacial score (nSPS) is 9.85. The van der Waals surface area contributed by atoms with Gasteiger partial charge in [0.15, 0.2) is 0 Å². The second-order valence-corrected chi connectivity index (χ2v) is 4.53. The van der Waals surface area contributed by atoms with Gasteiger partial charge in [0.25, 0.3) is 0 Å². The minimum absolute atomic E-state index is 0.409. The smallest absolute Gasteiger partial charge is 0.137 e. The summed E-state index contributed by atoms with van der Waals surface area (Å²) in [5.74, 6) is 1.50. The number of nitriles is 1. The van der Waals surface area contributed by atoms with E-state index < -0.39 is 0 Å². The number of para-hydroxylation sites is 2. The van der Waals surface area contributed by atoms with Gasteiger partial charge in [-0.2, -0.15) is 5.26 Å². The van der Waals surface area contributed by atoms with Gasteiger partial charge in [-0.3, -0.25) is 0 Å². The standard InChI is InChI=1S/C17H17NO2/c1-13-6-5-7-14(2)17(13)20-11-10-19-16-9-4-3-8-15(16)12-18/h3-9H,10-11H2,1-2H3. The maximum absolute atomic E-state index is 8.96. The molecule has 0 bridgehead atoms. The summed E-state index contributed by atoms with van der Waals surface area (Å²) in [6, 6.07) is 15.4. The third-order valence-electron chi connectivity index (χ3n) is 3.00. The van der Waals surface area contributed by atoms with Crippen LogP contribution >= 0.6 is 0 Å². The van der Waals surface area contributed by atoms with Gasteiger partial charge in [-0.05, 0) is 37.1 Å². The lowest BCUT2D eigenvalue weighted by molar-refractivity contribution is 0.215. The van der Waals surface area contributed by atoms with Crippen molar-refractivity contribution in [3.05, 3.63) is 59.2 Å². The summed E-state index contributed by atoms with van der Waals surface area (Å²) in [5.41, 5.74) is 2.77. The van der Waals surface area contributed by atoms with Gasteiger partial charge in [0.2, 0.25) is 0 Å². The van der Waals surface area contributed by atoms with Gasteiger partial charge in [-0.1, -0.05) is 30.3 Å². The molecule has 0 aliphatic heterocycles. The van der Waals surface area contributed by atoms with Crippen molar-refractivity contribution in [1.82, 2.24) is 0 Å². The van der Waals surface area contributed by atoms with E-state index in [9.17, 15) is 0 Å². The second-order valence-electron chi connectivity index (χ2n) is 4.53. The molecule has 0 aliphatic carbocycles. The van der Waals surface area contributed by atoms with E-state index in [4.69, 9.17) is 14.7 Å². The highest BCUT2D eigenvalue weighted by atomic mass is 16.5. The van der Waals surface area contributed by atoms with E-state index in [0.717, 1.165) is 16.9 Å². The van der Waals surface area contributed by atoms with Crippen molar-refractivity contribution in [2.75, 3.05) is 13.2 Å². The molecule has 3 nitrogen and oxygen atoms in total. The van der Waals surface area contributed by atoms with Crippen molar-refractivity contribution in [3.8, 4) is 17.6 Å². The Labute approximate surface area is 119 Å². The third-order valence-corrected chi connectivity index (χ3v) is 3.00. The molecule has 0 atom stereocenters. The molecule has 0 heterocycles. The van der Waals surface area contributed by atoms with Crippen LogP contribution in [-0.2, 0) is 0 Å². The van der Waals surface area contributed by atoms with Gasteiger partial charge in [-0.15, -0.1) is 0 Å². The first kappa shape index (κ1) is 14.0. The van der Waals surface area contributed by atoms with E-state index in [1.54, 1.807) is 12.1 Å². The predicted molar refractivity (Wildman–Crippen MR) is 78.1 cm³/mol. The molecule has 0 aromatic heterocycles. The van der Waals surface area contributed by atoms with Crippen LogP contribution in [0.5, 0.6) is 11.5 Å². The van der Waals surface area contributed by atoms with Crippen LogP contribution in [0.4, 0.5) is 0 Å². The maximum Gasteiger partial charge on any atom is 0.137 e. The first-order chi connectivity index (χ1) is 9.72. The summed E-state index contributed by atoms with van der Waals surface area (Å²) in [6.45, 7) is 4.90. The molecule has 3 heteroatoms. The van der Waals surface area contributed by atoms with Crippen LogP contribution < -0.4 is 9.47 Å². The van der Waals surface area contributed by atoms with Crippen molar-refractivity contribution in [2.45, 2.75) is 13.8 Å². The lowest BCUT2D eigenvalue weighted by Gasteiger charge is -2.12. The minimum Gasteiger partial charge on any atom is -0.489 e. The maximum atomic E-state index is 8.96. The molecule has 102 valence electrons. The molecule has 0 saturated heterocycles. The van der Waals surface area contributed by atoms with Crippen molar-refractivity contribution in [1.29, 1.82) is 5.26 Å². The summed E-state index contributed by atoms with van der Waals surface area (Å²) >= 11 is 0. The Bertz CT molecular complexity index is 609. The summed E-state index contributed by atoms with van der Waals surface area (Å²) in [6.07, 6.45) is 0. The first-order valence-electron chi connectivity index (χ1n) is 6.53. The fraction of sp³-hybridized carbons (Fsp3) is 0.235. The van der Waals surface area contributed by atoms with Crippen LogP contribution in [-0.4, -0.2) is 13.2 Å². The highest BCUT2D eigenvalue weighted by Gasteiger charge is 2.04. The fourth-order valence-electron chi connectivity index (χ4n) is 2.01. The molecule has 0 N–H and O–H groups in total. The SMILES string of the molecule is Cc1cccc(C)c1OCCOc1ccccc1C#N. The Kier molecular flexibility index (Phi) is 4.62. The molecule has 0 unspecified atom stereocenters. The molecule has 2 rings (SSSR count). The third kappa shape index (κ3) is 3.30. The predicted octanol–water partition coefficient (Wildman–Crippen LogP) is 3.63. The van der Waals surface area contributed by atoms with Gasteiger partial charge in [0.1, 0.15) is 30.8 Å². The van der Waals surface area contributed by atoms with E-state index >= 15 is 0 Å². The van der Waals surface area contributed by atoms with Gasteiger partial charge in [0.05, 0.1) is 5.56 Å². The summed E-state index contributed by atoms with van der Waals surface area (Å²) < 4.78 is 11.3. The number of rotatable bonds is 5. The molecule has 0 saturated carbocycles. The first-order valence-corrected chi connectivity index (χ1v) is 6.53. The Morgan fingerprint density at radius 1 is 0.900 bits per heavy atom. The van der Waals surface area contributed by atoms with Crippen molar-refractivity contribution in [2.24, 2.45) is 0 Å². The molecule has 2 aromatic carbocycles. The van der Waals surface area contributed by atoms with Gasteiger partial charge >= 0.3 is 0 Å². The molecule has 0 aliphatic rings. The average Bonchev–Trinajstić information content (AvgIpc) is 2.46. The number of hydrogen-bond acceptors (Lipinski definition) is 3. The lowest BCUT2D eigenvalue weighted by Crippen LogP contribution is -2.10. The number of hydrogen-bond donors (Lipinski definition) is 0. The number of nitrogens with zero attached hydrogens (tertiary/aromatic N) is 1. The molecule has 20 heavy (non-hydrogen) atoms. The molecule has 0 fully saturated rings. The van der Waals surface area contributed by atoms with Crippen LogP contribution in [0.1, 0.15) is 16.7 Å². The van der Waals surface area contributed by atoms with E-state index in [1.807, 2.05) is 44.2 Å². The Morgan fingerprint density at radius 2 is 1.55 bits per heavy atom. The number of aryl methyl sites for hydroxylation is 2. The van der Waals surface area contributed by atoms with E-state index in [2.05, 4.69) is 6.07 Å². The largest absolute Gasteiger partial charge is 0.489 e. The summed E-state index contributed by atoms with van der Waals surface area (Å²) in [4.78, 5) is 0. The Morgan fingerprint density at radius 3 is 2.25 bits per heavy atom. The van der Waals surface area contributed by atoms with Gasteiger partial charge < -0.3 is 9.47 Å². The molecular weight excluding hydrogens is 250 g/mol. The van der Waals surface area contributed by atoms with E-state index in [0.29, 0.717) is 24.5 Å². The quantitative estimate of drug-likeness (QED) is 0.777. The highest BCUT2D eigenvalue weighted by molar-refractivity contribution is 5.42. The molecule has 0 radical (unpaired) electrons. The zero-order valence-corrected chi connectivity index (χ0v) is 11.7. The number of benzene rings is 2. The Balaban J connectivity index is 1.90. The molecular formula is C17H17NO2. The van der Waals surface area contributed by atoms with Gasteiger partial charge in [0, 0.05) is 0 Å². The molecule has 0 spiro atoms. The molecule has 2 aromatic rings. The zero-order chi connectivity index (χ0) is 14.4. The van der Waals surface area contributed by atoms with Crippen LogP contribution in [0.15, 0.2) is 42.5 Å². The lowest BCUT2D eigenvalue weighted by atomic mass is 10.1. The summed E-state index contributed by atoms with van der Waals surface area (Å²) in [7, 11) is 0. The average molecular weight is 267 g/mol. The molecule has 0 amide bonds. The Hall–Kier alpha value is -2.47. The van der Waals surface area contributed by atoms with Gasteiger partial charge in [-0.25, -0.2) is 0 Å². The monoisotopic (exact) mass is 267 g/mol. The highest BCUT2D eigenvalue weighted by Crippen LogP contribution is 2.22. The van der Waals surface area contributed by atoms with E-state index in [-0.39, 0.29) is 0 Å². The van der Waals surface area contributed by atoms with Crippen LogP contribution in [0.3, 0.4) is 0 Å². The zero-order valence-electron chi connectivity index (χ0n) is 11.7. The summed E-state index contributed by atoms with van der Waals surface area (Å²) in [5, 5.41) is 8.96. The van der Waals surface area contributed by atoms with Crippen LogP contribution in [0, 0.1) is 25.2 Å². The van der Waals surface area contributed by atoms with Crippen molar-refractivity contribution < 1.29 is 9.47 Å². The van der Waals surface area contributed by atoms with Crippen molar-refractivity contribution >= 4 is 0 Å². The van der Waals surface area contributed by atoms with Crippen LogP contribution in [0.2, 0.25) is 0 Å². The van der Waals surface area contributed by atoms with E-state index in [1.165, 1.54) is 0 Å². The van der Waals surface area contributed by atoms with Crippen molar-refractivity contribution in [3.63, 3.8) is 0 Å². The minimum atomic E-state index is 0.409.